The van der Waals surface area contributed by atoms with Crippen LogP contribution in [-0.2, 0) is 10.1 Å². The van der Waals surface area contributed by atoms with Crippen LogP contribution < -0.4 is 0 Å². The Morgan fingerprint density at radius 1 is 1.40 bits per heavy atom. The van der Waals surface area contributed by atoms with Gasteiger partial charge in [-0.15, -0.1) is 0 Å². The van der Waals surface area contributed by atoms with E-state index in [1.165, 1.54) is 12.7 Å². The van der Waals surface area contributed by atoms with Crippen molar-refractivity contribution in [2.45, 2.75) is 0 Å². The molecule has 0 aliphatic carbocycles. The number of nitrogens with one attached hydrogen (secondary N) is 1. The molecule has 2 heterocycles. The number of nitrogens with zero attached hydrogens (tertiary/aromatic N) is 3. The molecule has 2 N–H and O–H groups in total. The molecule has 0 saturated heterocycles. The van der Waals surface area contributed by atoms with Gasteiger partial charge in [-0.1, -0.05) is 11.6 Å². The van der Waals surface area contributed by atoms with E-state index in [-0.39, 0.29) is 0 Å². The van der Waals surface area contributed by atoms with E-state index in [1.54, 1.807) is 0 Å². The van der Waals surface area contributed by atoms with Crippen molar-refractivity contribution in [2.75, 3.05) is 6.26 Å². The van der Waals surface area contributed by atoms with Gasteiger partial charge in [-0.3, -0.25) is 4.55 Å². The Labute approximate surface area is 90.3 Å². The van der Waals surface area contributed by atoms with Crippen molar-refractivity contribution in [1.82, 2.24) is 19.9 Å². The Balaban J connectivity index is 0.000000195. The molecule has 0 unspecified atom stereocenters. The topological polar surface area (TPSA) is 109 Å². The first-order chi connectivity index (χ1) is 6.88. The number of hydrogen-bond donors (Lipinski definition) is 2. The zero-order valence-electron chi connectivity index (χ0n) is 7.55. The van der Waals surface area contributed by atoms with Crippen LogP contribution in [0.25, 0.3) is 11.2 Å². The average Bonchev–Trinajstić information content (AvgIpc) is 2.49. The molecule has 0 aromatic carbocycles. The molecule has 2 rings (SSSR count). The van der Waals surface area contributed by atoms with Crippen molar-refractivity contribution < 1.29 is 13.0 Å². The highest BCUT2D eigenvalue weighted by atomic mass is 35.5. The third-order valence-corrected chi connectivity index (χ3v) is 1.46. The fourth-order valence-electron chi connectivity index (χ4n) is 0.736. The summed E-state index contributed by atoms with van der Waals surface area (Å²) in [6.45, 7) is 0. The van der Waals surface area contributed by atoms with Gasteiger partial charge in [-0.25, -0.2) is 15.0 Å². The van der Waals surface area contributed by atoms with Gasteiger partial charge in [0, 0.05) is 0 Å². The van der Waals surface area contributed by atoms with Gasteiger partial charge in [0.15, 0.2) is 10.8 Å². The Hall–Kier alpha value is -1.25. The van der Waals surface area contributed by atoms with E-state index < -0.39 is 10.1 Å². The Morgan fingerprint density at radius 3 is 2.53 bits per heavy atom. The summed E-state index contributed by atoms with van der Waals surface area (Å²) in [5.41, 5.74) is 1.28. The predicted molar refractivity (Wildman–Crippen MR) is 54.2 cm³/mol. The molecule has 0 radical (unpaired) electrons. The fraction of sp³-hybridized carbons (Fsp3) is 0.167. The van der Waals surface area contributed by atoms with Gasteiger partial charge in [0.25, 0.3) is 10.1 Å². The van der Waals surface area contributed by atoms with Crippen molar-refractivity contribution in [3.8, 4) is 0 Å². The number of aromatic amines is 1. The van der Waals surface area contributed by atoms with Crippen LogP contribution in [0.15, 0.2) is 12.7 Å². The summed E-state index contributed by atoms with van der Waals surface area (Å²) in [4.78, 5) is 14.3. The molecule has 0 saturated carbocycles. The van der Waals surface area contributed by atoms with Crippen molar-refractivity contribution in [2.24, 2.45) is 0 Å². The number of hydrogen-bond acceptors (Lipinski definition) is 5. The second-order valence-electron chi connectivity index (χ2n) is 2.50. The number of fused-ring (bicyclic) bond motifs is 1. The molecule has 15 heavy (non-hydrogen) atoms. The molecular formula is C6H7ClN4O3S. The SMILES string of the molecule is CS(=O)(=O)O.Clc1ncnc2nc[nH]c12. The summed E-state index contributed by atoms with van der Waals surface area (Å²) in [7, 11) is -3.67. The smallest absolute Gasteiger partial charge is 0.261 e. The number of aromatic nitrogens is 4. The van der Waals surface area contributed by atoms with E-state index in [1.807, 2.05) is 0 Å². The normalized spacial score (nSPS) is 10.9. The van der Waals surface area contributed by atoms with E-state index >= 15 is 0 Å². The molecule has 0 aliphatic rings. The minimum Gasteiger partial charge on any atom is -0.341 e. The van der Waals surface area contributed by atoms with Gasteiger partial charge in [0.05, 0.1) is 12.6 Å². The minimum atomic E-state index is -3.67. The molecule has 0 aliphatic heterocycles. The first kappa shape index (κ1) is 11.8. The second kappa shape index (κ2) is 4.51. The maximum absolute atomic E-state index is 9.19. The maximum atomic E-state index is 9.19. The molecule has 0 fully saturated rings. The zero-order chi connectivity index (χ0) is 11.5. The van der Waals surface area contributed by atoms with Crippen molar-refractivity contribution in [1.29, 1.82) is 0 Å². The molecule has 2 aromatic rings. The highest BCUT2D eigenvalue weighted by Crippen LogP contribution is 2.13. The average molecular weight is 251 g/mol. The third kappa shape index (κ3) is 4.19. The van der Waals surface area contributed by atoms with Crippen LogP contribution in [0.3, 0.4) is 0 Å². The van der Waals surface area contributed by atoms with E-state index in [0.29, 0.717) is 22.6 Å². The van der Waals surface area contributed by atoms with Crippen molar-refractivity contribution >= 4 is 32.9 Å². The molecular weight excluding hydrogens is 244 g/mol. The van der Waals surface area contributed by atoms with Crippen LogP contribution in [-0.4, -0.2) is 39.2 Å². The van der Waals surface area contributed by atoms with Crippen molar-refractivity contribution in [3.05, 3.63) is 17.8 Å². The van der Waals surface area contributed by atoms with Gasteiger partial charge in [-0.2, -0.15) is 8.42 Å². The number of rotatable bonds is 0. The summed E-state index contributed by atoms with van der Waals surface area (Å²) < 4.78 is 25.9. The van der Waals surface area contributed by atoms with Gasteiger partial charge in [-0.05, 0) is 0 Å². The lowest BCUT2D eigenvalue weighted by Gasteiger charge is -1.86. The van der Waals surface area contributed by atoms with Gasteiger partial charge >= 0.3 is 0 Å². The Bertz CT molecular complexity index is 544. The maximum Gasteiger partial charge on any atom is 0.261 e. The lowest BCUT2D eigenvalue weighted by Crippen LogP contribution is -1.88. The van der Waals surface area contributed by atoms with Crippen LogP contribution in [0.2, 0.25) is 5.15 Å². The lowest BCUT2D eigenvalue weighted by atomic mass is 10.6. The van der Waals surface area contributed by atoms with Crippen LogP contribution in [0.1, 0.15) is 0 Å². The van der Waals surface area contributed by atoms with E-state index in [2.05, 4.69) is 19.9 Å². The quantitative estimate of drug-likeness (QED) is 0.521. The van der Waals surface area contributed by atoms with Gasteiger partial charge < -0.3 is 4.98 Å². The fourth-order valence-corrected chi connectivity index (χ4v) is 0.918. The highest BCUT2D eigenvalue weighted by Gasteiger charge is 2.00. The van der Waals surface area contributed by atoms with E-state index in [0.717, 1.165) is 0 Å². The van der Waals surface area contributed by atoms with Crippen LogP contribution in [0.4, 0.5) is 0 Å². The number of halogens is 1. The molecule has 2 aromatic heterocycles. The summed E-state index contributed by atoms with van der Waals surface area (Å²) in [5, 5.41) is 0.405. The Kier molecular flexibility index (Phi) is 3.56. The van der Waals surface area contributed by atoms with Crippen LogP contribution in [0.5, 0.6) is 0 Å². The van der Waals surface area contributed by atoms with Crippen LogP contribution >= 0.6 is 11.6 Å². The highest BCUT2D eigenvalue weighted by molar-refractivity contribution is 7.85. The molecule has 0 spiro atoms. The number of imidazole rings is 1. The standard InChI is InChI=1S/C5H3ClN4.CH4O3S/c6-4-3-5(9-1-7-3)10-2-8-4;1-5(2,3)4/h1-2H,(H,7,8,9,10);1H3,(H,2,3,4). The molecule has 9 heteroatoms. The summed E-state index contributed by atoms with van der Waals surface area (Å²) in [6, 6.07) is 0. The van der Waals surface area contributed by atoms with E-state index in [4.69, 9.17) is 16.2 Å². The molecule has 0 amide bonds. The second-order valence-corrected chi connectivity index (χ2v) is 4.32. The van der Waals surface area contributed by atoms with E-state index in [9.17, 15) is 8.42 Å². The monoisotopic (exact) mass is 250 g/mol. The predicted octanol–water partition coefficient (Wildman–Crippen LogP) is 0.510. The first-order valence-corrected chi connectivity index (χ1v) is 5.82. The van der Waals surface area contributed by atoms with Crippen molar-refractivity contribution in [3.63, 3.8) is 0 Å². The molecule has 7 nitrogen and oxygen atoms in total. The Morgan fingerprint density at radius 2 is 2.00 bits per heavy atom. The number of H-pyrrole nitrogens is 1. The molecule has 82 valence electrons. The van der Waals surface area contributed by atoms with Gasteiger partial charge in [0.1, 0.15) is 11.8 Å². The minimum absolute atomic E-state index is 0.405. The van der Waals surface area contributed by atoms with Gasteiger partial charge in [0.2, 0.25) is 0 Å². The molecule has 0 atom stereocenters. The largest absolute Gasteiger partial charge is 0.341 e. The molecule has 0 bridgehead atoms. The summed E-state index contributed by atoms with van der Waals surface area (Å²) in [6.07, 6.45) is 3.63. The third-order valence-electron chi connectivity index (χ3n) is 1.18. The first-order valence-electron chi connectivity index (χ1n) is 3.60. The summed E-state index contributed by atoms with van der Waals surface area (Å²) in [5.74, 6) is 0. The lowest BCUT2D eigenvalue weighted by molar-refractivity contribution is 0.490. The van der Waals surface area contributed by atoms with Crippen LogP contribution in [0, 0.1) is 0 Å². The zero-order valence-corrected chi connectivity index (χ0v) is 9.12. The summed E-state index contributed by atoms with van der Waals surface area (Å²) >= 11 is 5.68.